The average molecular weight is 462 g/mol. The highest BCUT2D eigenvalue weighted by Gasteiger charge is 2.21. The van der Waals surface area contributed by atoms with E-state index >= 15 is 0 Å². The molecule has 1 aromatic carbocycles. The van der Waals surface area contributed by atoms with Crippen LogP contribution < -0.4 is 10.6 Å². The number of hydrogen-bond donors (Lipinski definition) is 2. The first-order valence-corrected chi connectivity index (χ1v) is 9.12. The number of guanidine groups is 1. The molecule has 0 radical (unpaired) electrons. The predicted octanol–water partition coefficient (Wildman–Crippen LogP) is 3.54. The number of benzene rings is 1. The van der Waals surface area contributed by atoms with E-state index in [0.29, 0.717) is 18.0 Å². The van der Waals surface area contributed by atoms with Gasteiger partial charge in [-0.2, -0.15) is 0 Å². The fraction of sp³-hybridized carbons (Fsp3) is 0.632. The van der Waals surface area contributed by atoms with Crippen LogP contribution in [0.1, 0.15) is 37.8 Å². The van der Waals surface area contributed by atoms with Crippen molar-refractivity contribution in [3.63, 3.8) is 0 Å². The predicted molar refractivity (Wildman–Crippen MR) is 114 cm³/mol. The summed E-state index contributed by atoms with van der Waals surface area (Å²) in [5.41, 5.74) is 1.57. The van der Waals surface area contributed by atoms with Crippen molar-refractivity contribution < 1.29 is 4.39 Å². The second kappa shape index (κ2) is 11.7. The van der Waals surface area contributed by atoms with E-state index in [2.05, 4.69) is 34.4 Å². The Morgan fingerprint density at radius 2 is 2.12 bits per heavy atom. The fourth-order valence-corrected chi connectivity index (χ4v) is 3.09. The molecule has 2 N–H and O–H groups in total. The van der Waals surface area contributed by atoms with Crippen LogP contribution in [0.4, 0.5) is 4.39 Å². The van der Waals surface area contributed by atoms with Crippen molar-refractivity contribution in [1.29, 1.82) is 0 Å². The van der Waals surface area contributed by atoms with Crippen molar-refractivity contribution in [2.24, 2.45) is 10.9 Å². The van der Waals surface area contributed by atoms with Gasteiger partial charge in [0.2, 0.25) is 0 Å². The lowest BCUT2D eigenvalue weighted by Gasteiger charge is -2.17. The summed E-state index contributed by atoms with van der Waals surface area (Å²) in [5, 5.41) is 6.71. The first-order valence-electron chi connectivity index (χ1n) is 9.12. The second-order valence-corrected chi connectivity index (χ2v) is 6.61. The summed E-state index contributed by atoms with van der Waals surface area (Å²) in [6.07, 6.45) is 2.47. The van der Waals surface area contributed by atoms with Gasteiger partial charge in [0, 0.05) is 19.6 Å². The summed E-state index contributed by atoms with van der Waals surface area (Å²) in [6.45, 7) is 11.9. The first kappa shape index (κ1) is 22.2. The van der Waals surface area contributed by atoms with Gasteiger partial charge in [-0.15, -0.1) is 24.0 Å². The molecule has 0 bridgehead atoms. The molecule has 1 aliphatic heterocycles. The van der Waals surface area contributed by atoms with E-state index in [4.69, 9.17) is 0 Å². The lowest BCUT2D eigenvalue weighted by Crippen LogP contribution is -2.40. The molecule has 1 aromatic rings. The number of nitrogens with one attached hydrogen (secondary N) is 2. The summed E-state index contributed by atoms with van der Waals surface area (Å²) in [4.78, 5) is 7.12. The molecule has 1 heterocycles. The van der Waals surface area contributed by atoms with Crippen LogP contribution in [0.2, 0.25) is 0 Å². The molecule has 25 heavy (non-hydrogen) atoms. The van der Waals surface area contributed by atoms with Gasteiger partial charge in [-0.05, 0) is 62.9 Å². The van der Waals surface area contributed by atoms with E-state index in [1.165, 1.54) is 32.5 Å². The number of aliphatic imine (C=N–C) groups is 1. The van der Waals surface area contributed by atoms with Crippen molar-refractivity contribution in [3.05, 3.63) is 35.1 Å². The van der Waals surface area contributed by atoms with Crippen LogP contribution in [0.3, 0.4) is 0 Å². The highest BCUT2D eigenvalue weighted by Crippen LogP contribution is 2.15. The summed E-state index contributed by atoms with van der Waals surface area (Å²) in [5.74, 6) is 1.33. The summed E-state index contributed by atoms with van der Waals surface area (Å²) >= 11 is 0. The zero-order chi connectivity index (χ0) is 17.4. The van der Waals surface area contributed by atoms with Gasteiger partial charge in [0.15, 0.2) is 5.96 Å². The van der Waals surface area contributed by atoms with Crippen LogP contribution in [0.5, 0.6) is 0 Å². The molecule has 0 saturated carbocycles. The molecular weight excluding hydrogens is 430 g/mol. The number of rotatable bonds is 7. The molecule has 1 saturated heterocycles. The van der Waals surface area contributed by atoms with Crippen LogP contribution >= 0.6 is 24.0 Å². The molecule has 0 amide bonds. The highest BCUT2D eigenvalue weighted by molar-refractivity contribution is 14.0. The highest BCUT2D eigenvalue weighted by atomic mass is 127. The van der Waals surface area contributed by atoms with Crippen molar-refractivity contribution in [3.8, 4) is 0 Å². The van der Waals surface area contributed by atoms with Crippen LogP contribution in [0, 0.1) is 18.7 Å². The van der Waals surface area contributed by atoms with Gasteiger partial charge in [-0.3, -0.25) is 0 Å². The van der Waals surface area contributed by atoms with Crippen LogP contribution in [0.15, 0.2) is 23.2 Å². The molecule has 0 aliphatic carbocycles. The van der Waals surface area contributed by atoms with Crippen molar-refractivity contribution in [1.82, 2.24) is 15.5 Å². The number of hydrogen-bond acceptors (Lipinski definition) is 2. The van der Waals surface area contributed by atoms with Gasteiger partial charge in [0.25, 0.3) is 0 Å². The van der Waals surface area contributed by atoms with Gasteiger partial charge in [0.05, 0.1) is 6.54 Å². The third kappa shape index (κ3) is 7.48. The lowest BCUT2D eigenvalue weighted by atomic mass is 10.1. The Hall–Kier alpha value is -0.890. The molecule has 0 aromatic heterocycles. The summed E-state index contributed by atoms with van der Waals surface area (Å²) < 4.78 is 13.6. The van der Waals surface area contributed by atoms with Crippen molar-refractivity contribution in [2.75, 3.05) is 32.7 Å². The normalized spacial score (nSPS) is 18.1. The standard InChI is InChI=1S/C19H31FN4.HI/c1-4-9-24-10-8-17(14-24)13-23-19(21-5-2)22-12-16-7-6-15(3)18(20)11-16;/h6-7,11,17H,4-5,8-10,12-14H2,1-3H3,(H2,21,22,23);1H. The maximum atomic E-state index is 13.6. The topological polar surface area (TPSA) is 39.7 Å². The molecule has 1 unspecified atom stereocenters. The van der Waals surface area contributed by atoms with Crippen LogP contribution in [-0.4, -0.2) is 43.6 Å². The minimum absolute atomic E-state index is 0. The SMILES string of the molecule is CCCN1CCC(CNC(=NCc2ccc(C)c(F)c2)NCC)C1.I. The number of halogens is 2. The van der Waals surface area contributed by atoms with Gasteiger partial charge in [0.1, 0.15) is 5.82 Å². The van der Waals surface area contributed by atoms with Crippen molar-refractivity contribution >= 4 is 29.9 Å². The number of nitrogens with zero attached hydrogens (tertiary/aromatic N) is 2. The largest absolute Gasteiger partial charge is 0.357 e. The molecule has 6 heteroatoms. The van der Waals surface area contributed by atoms with Gasteiger partial charge in [-0.1, -0.05) is 19.1 Å². The van der Waals surface area contributed by atoms with E-state index in [1.807, 2.05) is 6.07 Å². The second-order valence-electron chi connectivity index (χ2n) is 6.61. The molecule has 0 spiro atoms. The van der Waals surface area contributed by atoms with E-state index in [9.17, 15) is 4.39 Å². The van der Waals surface area contributed by atoms with Gasteiger partial charge < -0.3 is 15.5 Å². The van der Waals surface area contributed by atoms with Crippen LogP contribution in [-0.2, 0) is 6.54 Å². The smallest absolute Gasteiger partial charge is 0.191 e. The Morgan fingerprint density at radius 1 is 1.32 bits per heavy atom. The molecule has 2 rings (SSSR count). The Morgan fingerprint density at radius 3 is 2.80 bits per heavy atom. The zero-order valence-electron chi connectivity index (χ0n) is 15.6. The summed E-state index contributed by atoms with van der Waals surface area (Å²) in [7, 11) is 0. The molecule has 1 atom stereocenters. The Bertz CT molecular complexity index is 550. The molecule has 142 valence electrons. The zero-order valence-corrected chi connectivity index (χ0v) is 18.0. The fourth-order valence-electron chi connectivity index (χ4n) is 3.09. The van der Waals surface area contributed by atoms with E-state index < -0.39 is 0 Å². The van der Waals surface area contributed by atoms with E-state index in [-0.39, 0.29) is 29.8 Å². The van der Waals surface area contributed by atoms with E-state index in [1.54, 1.807) is 19.1 Å². The third-order valence-electron chi connectivity index (χ3n) is 4.47. The molecule has 1 fully saturated rings. The first-order chi connectivity index (χ1) is 11.6. The average Bonchev–Trinajstić information content (AvgIpc) is 3.01. The molecule has 4 nitrogen and oxygen atoms in total. The monoisotopic (exact) mass is 462 g/mol. The van der Waals surface area contributed by atoms with E-state index in [0.717, 1.165) is 24.6 Å². The number of aryl methyl sites for hydroxylation is 1. The quantitative estimate of drug-likeness (QED) is 0.370. The maximum Gasteiger partial charge on any atom is 0.191 e. The minimum atomic E-state index is -0.164. The summed E-state index contributed by atoms with van der Waals surface area (Å²) in [6, 6.07) is 5.31. The van der Waals surface area contributed by atoms with Gasteiger partial charge >= 0.3 is 0 Å². The third-order valence-corrected chi connectivity index (χ3v) is 4.47. The molecule has 1 aliphatic rings. The van der Waals surface area contributed by atoms with Gasteiger partial charge in [-0.25, -0.2) is 9.38 Å². The Kier molecular flexibility index (Phi) is 10.3. The lowest BCUT2D eigenvalue weighted by molar-refractivity contribution is 0.324. The Labute approximate surface area is 168 Å². The molecular formula is C19H32FIN4. The van der Waals surface area contributed by atoms with Crippen molar-refractivity contribution in [2.45, 2.75) is 40.2 Å². The van der Waals surface area contributed by atoms with Crippen LogP contribution in [0.25, 0.3) is 0 Å². The maximum absolute atomic E-state index is 13.6. The minimum Gasteiger partial charge on any atom is -0.357 e. The Balaban J connectivity index is 0.00000312. The number of likely N-dealkylation sites (tertiary alicyclic amines) is 1.